The molecule has 2 heterocycles. The number of aromatic nitrogens is 2. The van der Waals surface area contributed by atoms with Crippen LogP contribution in [0, 0.1) is 24.1 Å². The number of alkyl halides is 3. The van der Waals surface area contributed by atoms with E-state index in [1.807, 2.05) is 19.1 Å². The van der Waals surface area contributed by atoms with Crippen LogP contribution in [0.3, 0.4) is 0 Å². The second-order valence-corrected chi connectivity index (χ2v) is 8.68. The summed E-state index contributed by atoms with van der Waals surface area (Å²) in [5.41, 5.74) is 9.30. The van der Waals surface area contributed by atoms with Crippen LogP contribution in [0.25, 0.3) is 10.9 Å². The van der Waals surface area contributed by atoms with Gasteiger partial charge in [-0.2, -0.15) is 18.4 Å². The van der Waals surface area contributed by atoms with Crippen molar-refractivity contribution in [3.05, 3.63) is 101 Å². The van der Waals surface area contributed by atoms with Gasteiger partial charge >= 0.3 is 12.1 Å². The van der Waals surface area contributed by atoms with Crippen LogP contribution in [0.1, 0.15) is 45.7 Å². The molecule has 0 spiro atoms. The van der Waals surface area contributed by atoms with Gasteiger partial charge in [0.25, 0.3) is 5.91 Å². The number of benzene rings is 2. The normalized spacial score (nSPS) is 11.6. The van der Waals surface area contributed by atoms with Gasteiger partial charge in [-0.25, -0.2) is 14.2 Å². The number of anilines is 1. The largest absolute Gasteiger partial charge is 0.490 e. The Balaban J connectivity index is 0.000000559. The number of nitrogens with two attached hydrogens (primary N) is 1. The lowest BCUT2D eigenvalue weighted by Gasteiger charge is -2.30. The Bertz CT molecular complexity index is 1580. The highest BCUT2D eigenvalue weighted by Gasteiger charge is 2.38. The zero-order valence-corrected chi connectivity index (χ0v) is 21.3. The van der Waals surface area contributed by atoms with Crippen LogP contribution in [-0.2, 0) is 11.3 Å². The van der Waals surface area contributed by atoms with Crippen molar-refractivity contribution < 1.29 is 32.3 Å². The van der Waals surface area contributed by atoms with Crippen LogP contribution in [0.5, 0.6) is 0 Å². The number of carboxylic acids is 1. The van der Waals surface area contributed by atoms with Gasteiger partial charge in [0.15, 0.2) is 0 Å². The maximum absolute atomic E-state index is 14.6. The lowest BCUT2D eigenvalue weighted by atomic mass is 10.0. The first kappa shape index (κ1) is 29.5. The summed E-state index contributed by atoms with van der Waals surface area (Å²) in [6, 6.07) is 18.3. The molecule has 1 atom stereocenters. The van der Waals surface area contributed by atoms with E-state index in [0.717, 1.165) is 10.9 Å². The molecule has 1 amide bonds. The third-order valence-corrected chi connectivity index (χ3v) is 5.90. The number of pyridine rings is 2. The Hall–Kier alpha value is -5.05. The van der Waals surface area contributed by atoms with Crippen LogP contribution in [-0.4, -0.2) is 38.0 Å². The van der Waals surface area contributed by atoms with E-state index in [2.05, 4.69) is 9.97 Å². The lowest BCUT2D eigenvalue weighted by molar-refractivity contribution is -0.192. The van der Waals surface area contributed by atoms with Crippen molar-refractivity contribution in [2.75, 3.05) is 5.73 Å². The summed E-state index contributed by atoms with van der Waals surface area (Å²) in [5, 5.41) is 16.9. The standard InChI is InChI=1S/C26H22FN5O.C2HF3O2/c1-16-11-20-12-19(8-10-24(20)31-25(16)29)26(33)32(15-21-9-7-18(13-28)14-30-21)17(2)22-5-3-4-6-23(22)27;3-2(4,5)1(6)7/h3-12,14,17H,15H2,1-2H3,(H2,29,31);(H,6,7)/t17-;/m1./s1. The first-order valence-electron chi connectivity index (χ1n) is 11.7. The number of hydrogen-bond donors (Lipinski definition) is 2. The zero-order chi connectivity index (χ0) is 29.6. The molecule has 4 rings (SSSR count). The fraction of sp³-hybridized carbons (Fsp3) is 0.179. The number of nitrogen functional groups attached to an aromatic ring is 1. The average Bonchev–Trinajstić information content (AvgIpc) is 2.92. The molecule has 0 radical (unpaired) electrons. The minimum atomic E-state index is -5.08. The van der Waals surface area contributed by atoms with Crippen LogP contribution in [0.15, 0.2) is 66.9 Å². The van der Waals surface area contributed by atoms with E-state index in [0.29, 0.717) is 33.7 Å². The molecule has 8 nitrogen and oxygen atoms in total. The molecule has 0 aliphatic rings. The van der Waals surface area contributed by atoms with Gasteiger partial charge in [0.05, 0.1) is 29.4 Å². The number of aliphatic carboxylic acids is 1. The molecule has 0 unspecified atom stereocenters. The van der Waals surface area contributed by atoms with Crippen molar-refractivity contribution in [3.8, 4) is 6.07 Å². The van der Waals surface area contributed by atoms with Crippen molar-refractivity contribution >= 4 is 28.6 Å². The van der Waals surface area contributed by atoms with Crippen molar-refractivity contribution in [1.29, 1.82) is 5.26 Å². The molecule has 0 saturated carbocycles. The molecule has 2 aromatic heterocycles. The van der Waals surface area contributed by atoms with E-state index >= 15 is 0 Å². The van der Waals surface area contributed by atoms with Crippen LogP contribution >= 0.6 is 0 Å². The number of amides is 1. The van der Waals surface area contributed by atoms with Crippen molar-refractivity contribution in [2.45, 2.75) is 32.6 Å². The van der Waals surface area contributed by atoms with E-state index in [9.17, 15) is 22.4 Å². The van der Waals surface area contributed by atoms with Gasteiger partial charge in [0, 0.05) is 22.7 Å². The fourth-order valence-corrected chi connectivity index (χ4v) is 3.72. The zero-order valence-electron chi connectivity index (χ0n) is 21.3. The maximum Gasteiger partial charge on any atom is 0.490 e. The van der Waals surface area contributed by atoms with Gasteiger partial charge in [0.2, 0.25) is 0 Å². The number of rotatable bonds is 5. The van der Waals surface area contributed by atoms with E-state index in [1.165, 1.54) is 12.3 Å². The highest BCUT2D eigenvalue weighted by Crippen LogP contribution is 2.28. The minimum absolute atomic E-state index is 0.150. The maximum atomic E-state index is 14.6. The van der Waals surface area contributed by atoms with Crippen LogP contribution in [0.4, 0.5) is 23.4 Å². The van der Waals surface area contributed by atoms with E-state index < -0.39 is 18.2 Å². The Kier molecular flexibility index (Phi) is 9.00. The predicted octanol–water partition coefficient (Wildman–Crippen LogP) is 5.57. The van der Waals surface area contributed by atoms with Crippen molar-refractivity contribution in [1.82, 2.24) is 14.9 Å². The molecule has 0 aliphatic heterocycles. The van der Waals surface area contributed by atoms with Gasteiger partial charge < -0.3 is 15.7 Å². The molecule has 4 aromatic rings. The molecule has 2 aromatic carbocycles. The fourth-order valence-electron chi connectivity index (χ4n) is 3.72. The summed E-state index contributed by atoms with van der Waals surface area (Å²) in [6.45, 7) is 3.80. The van der Waals surface area contributed by atoms with Crippen LogP contribution in [0.2, 0.25) is 0 Å². The summed E-state index contributed by atoms with van der Waals surface area (Å²) in [6.07, 6.45) is -3.62. The summed E-state index contributed by atoms with van der Waals surface area (Å²) in [7, 11) is 0. The molecule has 0 bridgehead atoms. The summed E-state index contributed by atoms with van der Waals surface area (Å²) < 4.78 is 46.3. The van der Waals surface area contributed by atoms with Gasteiger partial charge in [0.1, 0.15) is 17.7 Å². The number of nitrogens with zero attached hydrogens (tertiary/aromatic N) is 4. The quantitative estimate of drug-likeness (QED) is 0.309. The molecule has 40 heavy (non-hydrogen) atoms. The van der Waals surface area contributed by atoms with E-state index in [4.69, 9.17) is 20.9 Å². The average molecular weight is 554 g/mol. The number of halogens is 4. The topological polar surface area (TPSA) is 133 Å². The van der Waals surface area contributed by atoms with Crippen molar-refractivity contribution in [2.24, 2.45) is 0 Å². The van der Waals surface area contributed by atoms with Crippen molar-refractivity contribution in [3.63, 3.8) is 0 Å². The summed E-state index contributed by atoms with van der Waals surface area (Å²) >= 11 is 0. The van der Waals surface area contributed by atoms with E-state index in [-0.39, 0.29) is 18.3 Å². The molecule has 0 aliphatic carbocycles. The monoisotopic (exact) mass is 553 g/mol. The SMILES string of the molecule is Cc1cc2cc(C(=O)N(Cc3ccc(C#N)cn3)[C@H](C)c3ccccc3F)ccc2nc1N.O=C(O)C(F)(F)F. The van der Waals surface area contributed by atoms with Gasteiger partial charge in [-0.1, -0.05) is 18.2 Å². The summed E-state index contributed by atoms with van der Waals surface area (Å²) in [5.74, 6) is -2.96. The predicted molar refractivity (Wildman–Crippen MR) is 138 cm³/mol. The smallest absolute Gasteiger partial charge is 0.475 e. The second kappa shape index (κ2) is 12.2. The van der Waals surface area contributed by atoms with Gasteiger partial charge in [-0.3, -0.25) is 9.78 Å². The highest BCUT2D eigenvalue weighted by molar-refractivity contribution is 5.98. The molecule has 0 fully saturated rings. The molecule has 3 N–H and O–H groups in total. The number of hydrogen-bond acceptors (Lipinski definition) is 6. The first-order valence-corrected chi connectivity index (χ1v) is 11.7. The Labute approximate surface area is 226 Å². The number of aryl methyl sites for hydroxylation is 1. The highest BCUT2D eigenvalue weighted by atomic mass is 19.4. The number of carboxylic acid groups (broad SMARTS) is 1. The Morgan fingerprint density at radius 1 is 1.12 bits per heavy atom. The van der Waals surface area contributed by atoms with Gasteiger partial charge in [-0.05, 0) is 61.9 Å². The number of carbonyl (C=O) groups is 2. The third-order valence-electron chi connectivity index (χ3n) is 5.90. The second-order valence-electron chi connectivity index (χ2n) is 8.68. The molecule has 206 valence electrons. The molecule has 0 saturated heterocycles. The minimum Gasteiger partial charge on any atom is -0.475 e. The molecule has 12 heteroatoms. The number of carbonyl (C=O) groups excluding carboxylic acids is 1. The van der Waals surface area contributed by atoms with E-state index in [1.54, 1.807) is 60.4 Å². The Morgan fingerprint density at radius 3 is 2.38 bits per heavy atom. The molecular weight excluding hydrogens is 530 g/mol. The summed E-state index contributed by atoms with van der Waals surface area (Å²) in [4.78, 5) is 32.8. The Morgan fingerprint density at radius 2 is 1.80 bits per heavy atom. The number of nitriles is 1. The number of fused-ring (bicyclic) bond motifs is 1. The van der Waals surface area contributed by atoms with Gasteiger partial charge in [-0.15, -0.1) is 0 Å². The first-order chi connectivity index (χ1) is 18.8. The third kappa shape index (κ3) is 7.08. The molecular formula is C28H23F4N5O3. The lowest BCUT2D eigenvalue weighted by Crippen LogP contribution is -2.34. The van der Waals surface area contributed by atoms with Crippen LogP contribution < -0.4 is 5.73 Å².